The molecule has 0 radical (unpaired) electrons. The summed E-state index contributed by atoms with van der Waals surface area (Å²) in [6, 6.07) is 4.41. The third-order valence-corrected chi connectivity index (χ3v) is 22.3. The van der Waals surface area contributed by atoms with E-state index in [4.69, 9.17) is 56.4 Å². The molecule has 0 aliphatic carbocycles. The zero-order chi connectivity index (χ0) is 87.6. The van der Waals surface area contributed by atoms with Crippen LogP contribution in [0, 0.1) is 5.92 Å². The van der Waals surface area contributed by atoms with Crippen LogP contribution in [0.5, 0.6) is 69.0 Å². The number of carbonyl (C=O) groups excluding carboxylic acids is 7. The number of benzene rings is 7. The van der Waals surface area contributed by atoms with Gasteiger partial charge in [-0.15, -0.1) is 0 Å². The van der Waals surface area contributed by atoms with Crippen molar-refractivity contribution in [2.45, 2.75) is 181 Å². The molecule has 0 unspecified atom stereocenters. The first kappa shape index (κ1) is 88.0. The second-order valence-electron chi connectivity index (χ2n) is 30.6. The molecule has 7 aromatic carbocycles. The lowest BCUT2D eigenvalue weighted by Gasteiger charge is -2.41. The molecule has 122 heavy (non-hydrogen) atoms. The number of carboxylic acids is 2. The number of unbranched alkanes of at least 4 members (excludes halogenated alkanes) is 5. The molecule has 0 saturated carbocycles. The van der Waals surface area contributed by atoms with Gasteiger partial charge in [0.05, 0.1) is 16.7 Å². The highest BCUT2D eigenvalue weighted by Crippen LogP contribution is 2.50. The molecule has 17 bridgehead atoms. The van der Waals surface area contributed by atoms with Crippen LogP contribution in [0.15, 0.2) is 115 Å². The Hall–Kier alpha value is -11.9. The van der Waals surface area contributed by atoms with Crippen molar-refractivity contribution >= 4 is 76.5 Å². The number of amides is 7. The lowest BCUT2D eigenvalue weighted by molar-refractivity contribution is -0.277. The molecule has 2 fully saturated rings. The van der Waals surface area contributed by atoms with E-state index in [1.807, 2.05) is 0 Å². The number of hydrogen-bond acceptors (Lipinski definition) is 28. The summed E-state index contributed by atoms with van der Waals surface area (Å²) in [7, 11) is 1.42. The number of phenols is 4. The molecule has 648 valence electrons. The Morgan fingerprint density at radius 2 is 1.17 bits per heavy atom. The summed E-state index contributed by atoms with van der Waals surface area (Å²) in [5.74, 6) is -19.0. The molecule has 2 saturated heterocycles. The monoisotopic (exact) mass is 1730 g/mol. The zero-order valence-electron chi connectivity index (χ0n) is 65.1. The highest BCUT2D eigenvalue weighted by molar-refractivity contribution is 6.33. The largest absolute Gasteiger partial charge is 0.508 e. The van der Waals surface area contributed by atoms with Crippen LogP contribution in [-0.4, -0.2) is 207 Å². The maximum atomic E-state index is 16.7. The second kappa shape index (κ2) is 37.2. The van der Waals surface area contributed by atoms with Gasteiger partial charge in [-0.3, -0.25) is 33.6 Å². The van der Waals surface area contributed by atoms with E-state index in [2.05, 4.69) is 56.4 Å². The average molecular weight is 1730 g/mol. The van der Waals surface area contributed by atoms with Gasteiger partial charge in [-0.1, -0.05) is 106 Å². The maximum Gasteiger partial charge on any atom is 0.335 e. The lowest BCUT2D eigenvalue weighted by Crippen LogP contribution is -2.66. The Balaban J connectivity index is 1.04. The minimum atomic E-state index is -2.47. The van der Waals surface area contributed by atoms with Crippen LogP contribution in [-0.2, 0) is 59.0 Å². The highest BCUT2D eigenvalue weighted by atomic mass is 35.5. The van der Waals surface area contributed by atoms with Crippen molar-refractivity contribution in [1.29, 1.82) is 0 Å². The summed E-state index contributed by atoms with van der Waals surface area (Å²) in [6.45, 7) is 3.26. The van der Waals surface area contributed by atoms with Crippen LogP contribution in [0.1, 0.15) is 140 Å². The number of halogens is 2. The smallest absolute Gasteiger partial charge is 0.335 e. The van der Waals surface area contributed by atoms with Gasteiger partial charge in [-0.25, -0.2) is 9.59 Å². The number of aromatic hydroxyl groups is 4. The first-order chi connectivity index (χ1) is 58.2. The van der Waals surface area contributed by atoms with Crippen molar-refractivity contribution in [1.82, 2.24) is 42.5 Å². The minimum Gasteiger partial charge on any atom is -0.508 e. The molecule has 7 amide bonds. The first-order valence-corrected chi connectivity index (χ1v) is 39.7. The van der Waals surface area contributed by atoms with Crippen LogP contribution in [0.4, 0.5) is 0 Å². The molecule has 8 aliphatic heterocycles. The van der Waals surface area contributed by atoms with E-state index in [1.165, 1.54) is 49.5 Å². The van der Waals surface area contributed by atoms with Crippen LogP contribution in [0.25, 0.3) is 11.1 Å². The highest BCUT2D eigenvalue weighted by Gasteiger charge is 2.52. The Morgan fingerprint density at radius 3 is 1.86 bits per heavy atom. The van der Waals surface area contributed by atoms with E-state index in [1.54, 1.807) is 0 Å². The van der Waals surface area contributed by atoms with Gasteiger partial charge in [0.15, 0.2) is 35.1 Å². The number of fused-ring (bicyclic) bond motifs is 14. The van der Waals surface area contributed by atoms with Gasteiger partial charge < -0.3 is 142 Å². The fourth-order valence-electron chi connectivity index (χ4n) is 15.2. The van der Waals surface area contributed by atoms with E-state index in [0.29, 0.717) is 18.8 Å². The number of aliphatic carboxylic acids is 2. The molecule has 39 heteroatoms. The lowest BCUT2D eigenvalue weighted by atomic mass is 9.89. The number of phenolic OH excluding ortho intramolecular Hbond substituents is 4. The van der Waals surface area contributed by atoms with E-state index in [0.717, 1.165) is 105 Å². The summed E-state index contributed by atoms with van der Waals surface area (Å²) in [6.07, 6.45) is -16.3. The molecule has 37 nitrogen and oxygen atoms in total. The van der Waals surface area contributed by atoms with Crippen LogP contribution in [0.2, 0.25) is 10.0 Å². The van der Waals surface area contributed by atoms with Crippen LogP contribution < -0.4 is 66.2 Å². The molecule has 15 rings (SSSR count). The van der Waals surface area contributed by atoms with E-state index in [9.17, 15) is 85.6 Å². The number of aliphatic hydroxyl groups excluding tert-OH is 7. The van der Waals surface area contributed by atoms with Gasteiger partial charge in [0.25, 0.3) is 0 Å². The fraction of sp³-hybridized carbons (Fsp3) is 0.386. The summed E-state index contributed by atoms with van der Waals surface area (Å²) in [5, 5.41) is 167. The number of carbonyl (C=O) groups is 9. The van der Waals surface area contributed by atoms with Crippen molar-refractivity contribution < 1.29 is 143 Å². The number of aliphatic hydroxyl groups is 7. The average Bonchev–Trinajstić information content (AvgIpc) is 0.760. The van der Waals surface area contributed by atoms with Crippen molar-refractivity contribution in [2.24, 2.45) is 5.92 Å². The van der Waals surface area contributed by atoms with E-state index < -0.39 is 271 Å². The van der Waals surface area contributed by atoms with Gasteiger partial charge in [-0.05, 0) is 120 Å². The van der Waals surface area contributed by atoms with Crippen molar-refractivity contribution in [3.8, 4) is 80.1 Å². The van der Waals surface area contributed by atoms with Crippen molar-refractivity contribution in [3.05, 3.63) is 164 Å². The first-order valence-electron chi connectivity index (χ1n) is 38.9. The molecule has 0 aromatic heterocycles. The predicted molar refractivity (Wildman–Crippen MR) is 424 cm³/mol. The summed E-state index contributed by atoms with van der Waals surface area (Å²) in [5.41, 5.74) is -3.29. The Labute approximate surface area is 703 Å². The molecule has 18 atom stereocenters. The van der Waals surface area contributed by atoms with Crippen LogP contribution >= 0.6 is 23.2 Å². The number of hydrogen-bond donors (Lipinski definition) is 21. The Morgan fingerprint density at radius 1 is 0.533 bits per heavy atom. The van der Waals surface area contributed by atoms with Crippen molar-refractivity contribution in [3.63, 3.8) is 0 Å². The van der Waals surface area contributed by atoms with Gasteiger partial charge in [0.1, 0.15) is 125 Å². The molecule has 7 aromatic rings. The molecule has 8 aliphatic rings. The van der Waals surface area contributed by atoms with Crippen LogP contribution in [0.3, 0.4) is 0 Å². The summed E-state index contributed by atoms with van der Waals surface area (Å²) < 4.78 is 44.0. The fourth-order valence-corrected chi connectivity index (χ4v) is 15.6. The Kier molecular flexibility index (Phi) is 26.8. The standard InChI is InChI=1S/C83H88Cl2N8O29/c1-33(2)10-8-6-4-5-7-9-11-56(99)88-65-68(102)70(104)73(81(114)115)122-82(65)121-72-53-26-38-27-54(72)118-50-21-16-37(24-45(50)84)66(100)64-79(111)92-63(80(112)113)43-28-39(95)29-52(119-83-71(105)69(103)67(101)55(32-94)120-83)57(43)42-23-35(14-19-47(42)96)60(76(108)93-64)89-77(109)61(38)90-78(110)62-44-30-41(31-49(98)58(44)85)117-51-25-36(15-20-48(51)97)59(86-3)75(107)87-46(74(106)91-62)22-34-12-17-40(116-53)18-13-34/h12-21,23-31,33,46,55,59-71,73,82-83,86,94-98,100-105H,4-11,22,32H2,1-3H3,(H,87,107)(H,88,99)(H,89,109)(H,90,110)(H,91,106)(H,92,111)(H,93,108)(H,112,113)(H,114,115)/t46-,55+,59+,60+,61+,62+,63-,64-,65+,66+,67+,68+,69-,70-,71-,73-,82+,83-/m0/s1. The normalized spacial score (nSPS) is 26.5. The number of ether oxygens (including phenoxy) is 7. The Bertz CT molecular complexity index is 5200. The summed E-state index contributed by atoms with van der Waals surface area (Å²) in [4.78, 5) is 136. The molecular formula is C83H88Cl2N8O29. The minimum absolute atomic E-state index is 0.153. The van der Waals surface area contributed by atoms with Gasteiger partial charge in [0.2, 0.25) is 59.7 Å². The zero-order valence-corrected chi connectivity index (χ0v) is 66.6. The molecule has 0 spiro atoms. The van der Waals surface area contributed by atoms with Crippen molar-refractivity contribution in [2.75, 3.05) is 13.7 Å². The SMILES string of the molecule is CN[C@H]1C(=O)N[C@H]2Cc3ccc(cc3)Oc3cc4cc(c3O[C@@H]3O[C@H](C(=O)O)[C@@H](O)[C@H](O)[C@H]3NC(=O)CCCCCCCCC(C)C)Oc3ccc(cc3Cl)[C@@H](O)[C@@H]3NC(=O)[C@H](NC(=O)[C@@H]4NC(=O)[C@H](NC2=O)c2cc(cc(O)c2Cl)Oc2cc1ccc2O)c1ccc(O)c(c1)-c1c(O[C@H]2O[C@H](CO)[C@@H](O)[C@H](O)[C@@H]2O)cc(O)cc1[C@@H](C(=O)O)NC3=O. The topological polar surface area (TPSA) is 577 Å². The van der Waals surface area contributed by atoms with E-state index in [-0.39, 0.29) is 40.4 Å². The predicted octanol–water partition coefficient (Wildman–Crippen LogP) is 4.18. The molecule has 21 N–H and O–H groups in total. The maximum absolute atomic E-state index is 16.7. The van der Waals surface area contributed by atoms with Gasteiger partial charge >= 0.3 is 11.9 Å². The molecule has 8 heterocycles. The molecular weight excluding hydrogens is 1640 g/mol. The second-order valence-corrected chi connectivity index (χ2v) is 31.4. The van der Waals surface area contributed by atoms with E-state index >= 15 is 24.0 Å². The quantitative estimate of drug-likeness (QED) is 0.0536. The number of carboxylic acid groups (broad SMARTS) is 2. The van der Waals surface area contributed by atoms with Gasteiger partial charge in [-0.2, -0.15) is 0 Å². The number of likely N-dealkylation sites (N-methyl/N-ethyl adjacent to an activating group) is 1. The third kappa shape index (κ3) is 18.9. The number of rotatable bonds is 18. The number of nitrogens with one attached hydrogen (secondary N) is 8. The summed E-state index contributed by atoms with van der Waals surface area (Å²) >= 11 is 14.2. The third-order valence-electron chi connectivity index (χ3n) is 21.6. The van der Waals surface area contributed by atoms with Gasteiger partial charge in [0, 0.05) is 47.2 Å².